The molecule has 1 atom stereocenters. The van der Waals surface area contributed by atoms with Crippen molar-refractivity contribution in [2.75, 3.05) is 0 Å². The summed E-state index contributed by atoms with van der Waals surface area (Å²) in [4.78, 5) is 0. The summed E-state index contributed by atoms with van der Waals surface area (Å²) in [5, 5.41) is 0. The molecule has 0 fully saturated rings. The van der Waals surface area contributed by atoms with Gasteiger partial charge in [0.25, 0.3) is 0 Å². The zero-order valence-electron chi connectivity index (χ0n) is 7.72. The molecular weight excluding hydrogens is 144 g/mol. The average Bonchev–Trinajstić information content (AvgIpc) is 2.28. The second kappa shape index (κ2) is 3.30. The molecule has 0 heteroatoms. The van der Waals surface area contributed by atoms with Crippen LogP contribution in [0.25, 0.3) is 0 Å². The van der Waals surface area contributed by atoms with E-state index < -0.39 is 0 Å². The van der Waals surface area contributed by atoms with Crippen molar-refractivity contribution < 1.29 is 0 Å². The first-order valence-corrected chi connectivity index (χ1v) is 4.94. The molecule has 0 nitrogen and oxygen atoms in total. The molecule has 1 unspecified atom stereocenters. The van der Waals surface area contributed by atoms with Crippen molar-refractivity contribution in [3.05, 3.63) is 35.5 Å². The van der Waals surface area contributed by atoms with Gasteiger partial charge in [-0.3, -0.25) is 0 Å². The van der Waals surface area contributed by atoms with Gasteiger partial charge in [-0.15, -0.1) is 0 Å². The molecule has 0 aromatic carbocycles. The number of allylic oxidation sites excluding steroid dienone is 6. The van der Waals surface area contributed by atoms with Crippen LogP contribution in [0.3, 0.4) is 0 Å². The molecule has 2 aliphatic rings. The molecule has 0 bridgehead atoms. The molecular formula is C12H16. The highest BCUT2D eigenvalue weighted by Gasteiger charge is 2.12. The SMILES string of the molecule is CC1C=CC2=CCCCC=C2C1. The summed E-state index contributed by atoms with van der Waals surface area (Å²) < 4.78 is 0. The third-order valence-corrected chi connectivity index (χ3v) is 2.68. The van der Waals surface area contributed by atoms with Crippen LogP contribution >= 0.6 is 0 Å². The minimum atomic E-state index is 0.742. The van der Waals surface area contributed by atoms with Crippen LogP contribution < -0.4 is 0 Å². The molecule has 64 valence electrons. The van der Waals surface area contributed by atoms with Crippen molar-refractivity contribution in [1.29, 1.82) is 0 Å². The normalized spacial score (nSPS) is 28.6. The van der Waals surface area contributed by atoms with Crippen LogP contribution in [0.15, 0.2) is 35.5 Å². The number of hydrogen-bond acceptors (Lipinski definition) is 0. The molecule has 0 saturated carbocycles. The second-order valence-electron chi connectivity index (χ2n) is 3.86. The maximum absolute atomic E-state index is 2.43. The quantitative estimate of drug-likeness (QED) is 0.507. The van der Waals surface area contributed by atoms with Gasteiger partial charge in [-0.25, -0.2) is 0 Å². The Hall–Kier alpha value is -0.780. The molecule has 0 heterocycles. The fourth-order valence-electron chi connectivity index (χ4n) is 1.96. The molecule has 0 N–H and O–H groups in total. The van der Waals surface area contributed by atoms with E-state index in [9.17, 15) is 0 Å². The summed E-state index contributed by atoms with van der Waals surface area (Å²) in [5.41, 5.74) is 3.08. The zero-order valence-corrected chi connectivity index (χ0v) is 7.72. The fraction of sp³-hybridized carbons (Fsp3) is 0.500. The van der Waals surface area contributed by atoms with Gasteiger partial charge in [0, 0.05) is 0 Å². The highest BCUT2D eigenvalue weighted by Crippen LogP contribution is 2.29. The monoisotopic (exact) mass is 160 g/mol. The Bertz CT molecular complexity index is 253. The summed E-state index contributed by atoms with van der Waals surface area (Å²) in [6.45, 7) is 2.29. The minimum absolute atomic E-state index is 0.742. The van der Waals surface area contributed by atoms with Gasteiger partial charge >= 0.3 is 0 Å². The van der Waals surface area contributed by atoms with Crippen molar-refractivity contribution in [2.24, 2.45) is 5.92 Å². The van der Waals surface area contributed by atoms with Crippen molar-refractivity contribution in [1.82, 2.24) is 0 Å². The van der Waals surface area contributed by atoms with Crippen LogP contribution in [-0.4, -0.2) is 0 Å². The number of fused-ring (bicyclic) bond motifs is 1. The first-order chi connectivity index (χ1) is 5.86. The highest BCUT2D eigenvalue weighted by atomic mass is 14.2. The van der Waals surface area contributed by atoms with Gasteiger partial charge in [-0.05, 0) is 42.7 Å². The van der Waals surface area contributed by atoms with Crippen molar-refractivity contribution >= 4 is 0 Å². The lowest BCUT2D eigenvalue weighted by Gasteiger charge is -2.17. The Morgan fingerprint density at radius 1 is 1.25 bits per heavy atom. The molecule has 0 aromatic rings. The summed E-state index contributed by atoms with van der Waals surface area (Å²) >= 11 is 0. The lowest BCUT2D eigenvalue weighted by Crippen LogP contribution is -2.00. The smallest absolute Gasteiger partial charge is 0.0216 e. The first kappa shape index (κ1) is 7.85. The Morgan fingerprint density at radius 2 is 2.08 bits per heavy atom. The Morgan fingerprint density at radius 3 is 3.00 bits per heavy atom. The van der Waals surface area contributed by atoms with E-state index in [1.165, 1.54) is 31.3 Å². The van der Waals surface area contributed by atoms with Gasteiger partial charge in [-0.2, -0.15) is 0 Å². The van der Waals surface area contributed by atoms with E-state index in [0.29, 0.717) is 0 Å². The van der Waals surface area contributed by atoms with Gasteiger partial charge in [-0.1, -0.05) is 31.2 Å². The lowest BCUT2D eigenvalue weighted by molar-refractivity contribution is 0.707. The van der Waals surface area contributed by atoms with E-state index in [1.807, 2.05) is 0 Å². The van der Waals surface area contributed by atoms with Crippen LogP contribution in [-0.2, 0) is 0 Å². The Labute approximate surface area is 74.7 Å². The van der Waals surface area contributed by atoms with Crippen LogP contribution in [0.5, 0.6) is 0 Å². The molecule has 12 heavy (non-hydrogen) atoms. The van der Waals surface area contributed by atoms with E-state index >= 15 is 0 Å². The summed E-state index contributed by atoms with van der Waals surface area (Å²) in [6, 6.07) is 0. The van der Waals surface area contributed by atoms with Gasteiger partial charge in [0.2, 0.25) is 0 Å². The minimum Gasteiger partial charge on any atom is -0.0808 e. The highest BCUT2D eigenvalue weighted by molar-refractivity contribution is 5.43. The predicted molar refractivity (Wildman–Crippen MR) is 52.9 cm³/mol. The maximum Gasteiger partial charge on any atom is -0.0216 e. The van der Waals surface area contributed by atoms with Crippen molar-refractivity contribution in [2.45, 2.75) is 32.6 Å². The molecule has 0 saturated heterocycles. The number of hydrogen-bond donors (Lipinski definition) is 0. The van der Waals surface area contributed by atoms with Gasteiger partial charge < -0.3 is 0 Å². The van der Waals surface area contributed by atoms with Gasteiger partial charge in [0.1, 0.15) is 0 Å². The third-order valence-electron chi connectivity index (χ3n) is 2.68. The van der Waals surface area contributed by atoms with Crippen LogP contribution in [0.2, 0.25) is 0 Å². The standard InChI is InChI=1S/C12H16/c1-10-7-8-11-5-3-2-4-6-12(11)9-10/h5-8,10H,2-4,9H2,1H3. The maximum atomic E-state index is 2.43. The van der Waals surface area contributed by atoms with Crippen LogP contribution in [0.4, 0.5) is 0 Å². The summed E-state index contributed by atoms with van der Waals surface area (Å²) in [7, 11) is 0. The van der Waals surface area contributed by atoms with E-state index in [0.717, 1.165) is 5.92 Å². The third kappa shape index (κ3) is 1.52. The number of rotatable bonds is 0. The predicted octanol–water partition coefficient (Wildman–Crippen LogP) is 3.62. The van der Waals surface area contributed by atoms with E-state index in [2.05, 4.69) is 31.2 Å². The van der Waals surface area contributed by atoms with E-state index in [4.69, 9.17) is 0 Å². The Kier molecular flexibility index (Phi) is 2.16. The van der Waals surface area contributed by atoms with E-state index in [-0.39, 0.29) is 0 Å². The van der Waals surface area contributed by atoms with Gasteiger partial charge in [0.15, 0.2) is 0 Å². The van der Waals surface area contributed by atoms with Crippen molar-refractivity contribution in [3.8, 4) is 0 Å². The molecule has 0 aliphatic heterocycles. The first-order valence-electron chi connectivity index (χ1n) is 4.94. The molecule has 0 radical (unpaired) electrons. The Balaban J connectivity index is 2.29. The second-order valence-corrected chi connectivity index (χ2v) is 3.86. The zero-order chi connectivity index (χ0) is 8.39. The largest absolute Gasteiger partial charge is 0.0808 e. The molecule has 2 aliphatic carbocycles. The molecule has 0 aromatic heterocycles. The van der Waals surface area contributed by atoms with Crippen LogP contribution in [0.1, 0.15) is 32.6 Å². The van der Waals surface area contributed by atoms with Crippen LogP contribution in [0, 0.1) is 5.92 Å². The van der Waals surface area contributed by atoms with Crippen molar-refractivity contribution in [3.63, 3.8) is 0 Å². The summed E-state index contributed by atoms with van der Waals surface area (Å²) in [6.07, 6.45) is 14.6. The average molecular weight is 160 g/mol. The molecule has 2 rings (SSSR count). The van der Waals surface area contributed by atoms with Gasteiger partial charge in [0.05, 0.1) is 0 Å². The summed E-state index contributed by atoms with van der Waals surface area (Å²) in [5.74, 6) is 0.742. The van der Waals surface area contributed by atoms with E-state index in [1.54, 1.807) is 5.57 Å². The fourth-order valence-corrected chi connectivity index (χ4v) is 1.96. The molecule has 0 amide bonds. The lowest BCUT2D eigenvalue weighted by atomic mass is 9.89. The molecule has 0 spiro atoms. The topological polar surface area (TPSA) is 0 Å².